The molecule has 2 heterocycles. The van der Waals surface area contributed by atoms with Crippen LogP contribution < -0.4 is 5.32 Å². The molecule has 0 amide bonds. The zero-order chi connectivity index (χ0) is 6.97. The van der Waals surface area contributed by atoms with Gasteiger partial charge in [0.2, 0.25) is 0 Å². The highest BCUT2D eigenvalue weighted by molar-refractivity contribution is 4.89. The van der Waals surface area contributed by atoms with Crippen molar-refractivity contribution in [2.75, 3.05) is 26.7 Å². The van der Waals surface area contributed by atoms with E-state index in [2.05, 4.69) is 17.3 Å². The number of nitrogens with one attached hydrogen (secondary N) is 1. The van der Waals surface area contributed by atoms with Crippen molar-refractivity contribution >= 4 is 0 Å². The van der Waals surface area contributed by atoms with Gasteiger partial charge in [-0.25, -0.2) is 0 Å². The lowest BCUT2D eigenvalue weighted by Gasteiger charge is -2.31. The molecule has 0 aromatic rings. The van der Waals surface area contributed by atoms with E-state index in [1.54, 1.807) is 0 Å². The monoisotopic (exact) mass is 142 g/mol. The molecule has 0 aliphatic carbocycles. The van der Waals surface area contributed by atoms with Gasteiger partial charge in [0.25, 0.3) is 0 Å². The van der Waals surface area contributed by atoms with Gasteiger partial charge in [0.1, 0.15) is 0 Å². The quantitative estimate of drug-likeness (QED) is 0.531. The first-order chi connectivity index (χ1) is 4.86. The van der Waals surface area contributed by atoms with E-state index in [4.69, 9.17) is 0 Å². The molecular weight excluding hydrogens is 124 g/mol. The third kappa shape index (κ3) is 1.06. The fourth-order valence-electron chi connectivity index (χ4n) is 2.19. The van der Waals surface area contributed by atoms with Crippen LogP contribution in [0.2, 0.25) is 0 Å². The summed E-state index contributed by atoms with van der Waals surface area (Å²) >= 11 is 0. The van der Waals surface area contributed by atoms with Crippen LogP contribution in [0.15, 0.2) is 0 Å². The Labute approximate surface area is 64.1 Å². The van der Waals surface area contributed by atoms with E-state index in [1.165, 1.54) is 32.5 Å². The summed E-state index contributed by atoms with van der Waals surface area (Å²) < 4.78 is 0. The van der Waals surface area contributed by atoms with Crippen LogP contribution in [0.5, 0.6) is 0 Å². The fraction of sp³-hybridized carbons (Fsp3) is 1.00. The van der Waals surface area contributed by atoms with Crippen LogP contribution in [0.4, 0.5) is 0 Å². The number of nitrogens with zero attached hydrogens (tertiary/aromatic N) is 1. The summed E-state index contributed by atoms with van der Waals surface area (Å²) in [5.41, 5.74) is 0. The Kier molecular flexibility index (Phi) is 1.66. The number of hydrogen-bond acceptors (Lipinski definition) is 2. The third-order valence-electron chi connectivity index (χ3n) is 2.88. The second kappa shape index (κ2) is 2.51. The second-order valence-electron chi connectivity index (χ2n) is 3.66. The van der Waals surface area contributed by atoms with E-state index in [9.17, 15) is 0 Å². The van der Waals surface area contributed by atoms with Gasteiger partial charge in [-0.3, -0.25) is 0 Å². The van der Waals surface area contributed by atoms with Crippen molar-refractivity contribution in [2.24, 2.45) is 5.92 Å². The van der Waals surface area contributed by atoms with E-state index in [1.807, 2.05) is 0 Å². The smallest absolute Gasteiger partial charge is 0.0224 e. The molecule has 2 nitrogen and oxygen atoms in total. The van der Waals surface area contributed by atoms with Gasteiger partial charge in [-0.05, 0) is 38.9 Å². The van der Waals surface area contributed by atoms with Gasteiger partial charge in [0.15, 0.2) is 0 Å². The fourth-order valence-corrected chi connectivity index (χ4v) is 2.19. The van der Waals surface area contributed by atoms with E-state index < -0.39 is 0 Å². The minimum absolute atomic E-state index is 0. The first-order valence-electron chi connectivity index (χ1n) is 4.28. The Morgan fingerprint density at radius 1 is 1.50 bits per heavy atom. The maximum Gasteiger partial charge on any atom is 0.0224 e. The number of fused-ring (bicyclic) bond motifs is 1. The lowest BCUT2D eigenvalue weighted by atomic mass is 9.93. The molecule has 2 fully saturated rings. The van der Waals surface area contributed by atoms with Crippen molar-refractivity contribution < 1.29 is 1.43 Å². The molecule has 0 radical (unpaired) electrons. The molecule has 0 bridgehead atoms. The largest absolute Gasteiger partial charge is 0.312 e. The van der Waals surface area contributed by atoms with Crippen molar-refractivity contribution in [3.8, 4) is 0 Å². The van der Waals surface area contributed by atoms with Gasteiger partial charge in [-0.15, -0.1) is 0 Å². The van der Waals surface area contributed by atoms with Gasteiger partial charge < -0.3 is 10.2 Å². The molecule has 2 saturated heterocycles. The Morgan fingerprint density at radius 2 is 2.40 bits per heavy atom. The van der Waals surface area contributed by atoms with Crippen molar-refractivity contribution in [2.45, 2.75) is 18.9 Å². The van der Waals surface area contributed by atoms with Crippen LogP contribution >= 0.6 is 0 Å². The number of piperidine rings is 1. The molecule has 60 valence electrons. The standard InChI is InChI=1S/C8H16N2.H2/c1-10-5-3-7-2-4-9-8(7)6-10;/h7-9H,2-6H2,1H3;1H. The maximum atomic E-state index is 3.55. The highest BCUT2D eigenvalue weighted by Crippen LogP contribution is 2.23. The van der Waals surface area contributed by atoms with Crippen LogP contribution in [-0.2, 0) is 0 Å². The van der Waals surface area contributed by atoms with E-state index in [-0.39, 0.29) is 1.43 Å². The molecule has 10 heavy (non-hydrogen) atoms. The summed E-state index contributed by atoms with van der Waals surface area (Å²) in [5, 5.41) is 3.55. The summed E-state index contributed by atoms with van der Waals surface area (Å²) in [6.45, 7) is 3.83. The van der Waals surface area contributed by atoms with Gasteiger partial charge in [0.05, 0.1) is 0 Å². The highest BCUT2D eigenvalue weighted by Gasteiger charge is 2.30. The highest BCUT2D eigenvalue weighted by atomic mass is 15.1. The Balaban J connectivity index is 0.000000605. The predicted molar refractivity (Wildman–Crippen MR) is 44.1 cm³/mol. The molecule has 2 aliphatic rings. The van der Waals surface area contributed by atoms with Crippen molar-refractivity contribution in [3.05, 3.63) is 0 Å². The van der Waals surface area contributed by atoms with Crippen molar-refractivity contribution in [1.29, 1.82) is 0 Å². The lowest BCUT2D eigenvalue weighted by Crippen LogP contribution is -2.44. The molecular formula is C8H18N2. The molecule has 0 spiro atoms. The number of likely N-dealkylation sites (tertiary alicyclic amines) is 1. The average Bonchev–Trinajstić information content (AvgIpc) is 2.33. The first-order valence-corrected chi connectivity index (χ1v) is 4.28. The summed E-state index contributed by atoms with van der Waals surface area (Å²) in [6.07, 6.45) is 2.83. The average molecular weight is 142 g/mol. The van der Waals surface area contributed by atoms with Crippen LogP contribution in [0, 0.1) is 5.92 Å². The molecule has 2 aliphatic heterocycles. The summed E-state index contributed by atoms with van der Waals surface area (Å²) in [6, 6.07) is 0.818. The summed E-state index contributed by atoms with van der Waals surface area (Å²) in [4.78, 5) is 2.43. The SMILES string of the molecule is CN1CCC2CCNC2C1.[HH]. The molecule has 0 aromatic carbocycles. The Hall–Kier alpha value is -0.0800. The Morgan fingerprint density at radius 3 is 3.30 bits per heavy atom. The molecule has 2 atom stereocenters. The maximum absolute atomic E-state index is 3.55. The molecule has 2 unspecified atom stereocenters. The minimum Gasteiger partial charge on any atom is -0.312 e. The molecule has 0 aromatic heterocycles. The summed E-state index contributed by atoms with van der Waals surface area (Å²) in [5.74, 6) is 0.996. The zero-order valence-corrected chi connectivity index (χ0v) is 6.64. The first kappa shape index (κ1) is 6.62. The van der Waals surface area contributed by atoms with Crippen LogP contribution in [0.3, 0.4) is 0 Å². The topological polar surface area (TPSA) is 15.3 Å². The molecule has 0 saturated carbocycles. The summed E-state index contributed by atoms with van der Waals surface area (Å²) in [7, 11) is 2.22. The number of hydrogen-bond donors (Lipinski definition) is 1. The second-order valence-corrected chi connectivity index (χ2v) is 3.66. The number of likely N-dealkylation sites (N-methyl/N-ethyl adjacent to an activating group) is 1. The number of rotatable bonds is 0. The van der Waals surface area contributed by atoms with Crippen LogP contribution in [0.1, 0.15) is 14.3 Å². The van der Waals surface area contributed by atoms with E-state index >= 15 is 0 Å². The lowest BCUT2D eigenvalue weighted by molar-refractivity contribution is 0.198. The van der Waals surface area contributed by atoms with Gasteiger partial charge in [0, 0.05) is 14.0 Å². The zero-order valence-electron chi connectivity index (χ0n) is 6.64. The minimum atomic E-state index is 0. The van der Waals surface area contributed by atoms with Crippen LogP contribution in [-0.4, -0.2) is 37.6 Å². The van der Waals surface area contributed by atoms with Gasteiger partial charge in [-0.2, -0.15) is 0 Å². The van der Waals surface area contributed by atoms with Gasteiger partial charge >= 0.3 is 0 Å². The predicted octanol–water partition coefficient (Wildman–Crippen LogP) is 0.546. The third-order valence-corrected chi connectivity index (χ3v) is 2.88. The molecule has 2 rings (SSSR count). The van der Waals surface area contributed by atoms with E-state index in [0.29, 0.717) is 0 Å². The van der Waals surface area contributed by atoms with E-state index in [0.717, 1.165) is 12.0 Å². The van der Waals surface area contributed by atoms with Crippen LogP contribution in [0.25, 0.3) is 0 Å². The van der Waals surface area contributed by atoms with Crippen molar-refractivity contribution in [3.63, 3.8) is 0 Å². The van der Waals surface area contributed by atoms with Gasteiger partial charge in [-0.1, -0.05) is 0 Å². The Bertz CT molecular complexity index is 129. The normalized spacial score (nSPS) is 41.7. The van der Waals surface area contributed by atoms with Crippen molar-refractivity contribution in [1.82, 2.24) is 10.2 Å². The molecule has 1 N–H and O–H groups in total. The molecule has 2 heteroatoms.